The number of aromatic nitrogens is 4. The van der Waals surface area contributed by atoms with E-state index in [9.17, 15) is 9.90 Å². The minimum Gasteiger partial charge on any atom is -0.388 e. The lowest BCUT2D eigenvalue weighted by Gasteiger charge is -2.32. The van der Waals surface area contributed by atoms with Crippen LogP contribution in [0.25, 0.3) is 16.7 Å². The summed E-state index contributed by atoms with van der Waals surface area (Å²) >= 11 is 0. The topological polar surface area (TPSA) is 85.0 Å². The van der Waals surface area contributed by atoms with E-state index in [4.69, 9.17) is 5.10 Å². The number of aryl methyl sites for hydroxylation is 1. The lowest BCUT2D eigenvalue weighted by atomic mass is 9.92. The fraction of sp³-hybridized carbons (Fsp3) is 0.476. The number of nitrogens with one attached hydrogen (secondary N) is 1. The quantitative estimate of drug-likeness (QED) is 0.683. The van der Waals surface area contributed by atoms with Crippen molar-refractivity contribution in [2.45, 2.75) is 51.2 Å². The fourth-order valence-electron chi connectivity index (χ4n) is 3.86. The van der Waals surface area contributed by atoms with Gasteiger partial charge >= 0.3 is 0 Å². The van der Waals surface area contributed by atoms with Gasteiger partial charge in [-0.3, -0.25) is 9.36 Å². The van der Waals surface area contributed by atoms with E-state index < -0.39 is 5.60 Å². The lowest BCUT2D eigenvalue weighted by molar-refractivity contribution is -0.00628. The minimum atomic E-state index is -0.872. The molecule has 0 radical (unpaired) electrons. The zero-order chi connectivity index (χ0) is 19.6. The van der Waals surface area contributed by atoms with Crippen LogP contribution in [0.2, 0.25) is 0 Å². The zero-order valence-corrected chi connectivity index (χ0v) is 16.3. The average Bonchev–Trinajstić information content (AvgIpc) is 3.09. The molecule has 0 atom stereocenters. The first-order valence-electron chi connectivity index (χ1n) is 10.1. The summed E-state index contributed by atoms with van der Waals surface area (Å²) < 4.78 is 3.31. The molecule has 0 aliphatic carbocycles. The van der Waals surface area contributed by atoms with E-state index >= 15 is 0 Å². The van der Waals surface area contributed by atoms with Gasteiger partial charge < -0.3 is 10.4 Å². The summed E-state index contributed by atoms with van der Waals surface area (Å²) in [4.78, 5) is 17.9. The second kappa shape index (κ2) is 7.85. The maximum absolute atomic E-state index is 13.3. The molecule has 7 nitrogen and oxygen atoms in total. The monoisotopic (exact) mass is 381 g/mol. The normalized spacial score (nSPS) is 16.5. The third kappa shape index (κ3) is 3.59. The lowest BCUT2D eigenvalue weighted by Crippen LogP contribution is -2.46. The van der Waals surface area contributed by atoms with Crippen LogP contribution in [0.3, 0.4) is 0 Å². The summed E-state index contributed by atoms with van der Waals surface area (Å²) in [7, 11) is 0. The zero-order valence-electron chi connectivity index (χ0n) is 16.3. The Morgan fingerprint density at radius 3 is 2.68 bits per heavy atom. The maximum atomic E-state index is 13.3. The van der Waals surface area contributed by atoms with Crippen molar-refractivity contribution in [2.75, 3.05) is 13.1 Å². The van der Waals surface area contributed by atoms with Crippen molar-refractivity contribution >= 4 is 11.0 Å². The standard InChI is InChI=1S/C21H27N5O2/c1-2-3-9-17-18-19(26(24-17)16-7-5-4-6-8-16)23-15-25(20(18)27)14-21(28)10-12-22-13-11-21/h4-8,15,22,28H,2-3,9-14H2,1H3. The van der Waals surface area contributed by atoms with Gasteiger partial charge in [0, 0.05) is 0 Å². The summed E-state index contributed by atoms with van der Waals surface area (Å²) in [5.74, 6) is 0. The summed E-state index contributed by atoms with van der Waals surface area (Å²) in [6.45, 7) is 3.91. The van der Waals surface area contributed by atoms with Crippen molar-refractivity contribution in [3.05, 3.63) is 52.7 Å². The van der Waals surface area contributed by atoms with E-state index in [1.807, 2.05) is 30.3 Å². The van der Waals surface area contributed by atoms with E-state index in [-0.39, 0.29) is 12.1 Å². The number of benzene rings is 1. The van der Waals surface area contributed by atoms with Crippen molar-refractivity contribution in [1.82, 2.24) is 24.6 Å². The van der Waals surface area contributed by atoms with Crippen molar-refractivity contribution in [1.29, 1.82) is 0 Å². The van der Waals surface area contributed by atoms with Crippen LogP contribution in [-0.2, 0) is 13.0 Å². The van der Waals surface area contributed by atoms with Gasteiger partial charge in [0.15, 0.2) is 5.65 Å². The molecule has 1 fully saturated rings. The molecule has 3 heterocycles. The molecule has 148 valence electrons. The van der Waals surface area contributed by atoms with Crippen LogP contribution in [0.5, 0.6) is 0 Å². The average molecular weight is 381 g/mol. The van der Waals surface area contributed by atoms with Gasteiger partial charge in [0.05, 0.1) is 23.5 Å². The Morgan fingerprint density at radius 2 is 1.96 bits per heavy atom. The Labute approximate surface area is 164 Å². The van der Waals surface area contributed by atoms with E-state index in [1.165, 1.54) is 0 Å². The van der Waals surface area contributed by atoms with Crippen LogP contribution in [-0.4, -0.2) is 43.1 Å². The summed E-state index contributed by atoms with van der Waals surface area (Å²) in [5, 5.41) is 19.4. The number of hydrogen-bond donors (Lipinski definition) is 2. The number of unbranched alkanes of at least 4 members (excludes halogenated alkanes) is 1. The van der Waals surface area contributed by atoms with Crippen LogP contribution < -0.4 is 10.9 Å². The first kappa shape index (κ1) is 18.8. The van der Waals surface area contributed by atoms with E-state index in [0.717, 1.165) is 43.7 Å². The third-order valence-corrected chi connectivity index (χ3v) is 5.49. The number of para-hydroxylation sites is 1. The molecule has 3 aromatic rings. The Kier molecular flexibility index (Phi) is 5.28. The Hall–Kier alpha value is -2.51. The summed E-state index contributed by atoms with van der Waals surface area (Å²) in [6, 6.07) is 9.76. The smallest absolute Gasteiger partial charge is 0.264 e. The van der Waals surface area contributed by atoms with Crippen LogP contribution >= 0.6 is 0 Å². The van der Waals surface area contributed by atoms with Gasteiger partial charge in [0.1, 0.15) is 11.7 Å². The highest BCUT2D eigenvalue weighted by Crippen LogP contribution is 2.22. The summed E-state index contributed by atoms with van der Waals surface area (Å²) in [5.41, 5.74) is 1.26. The molecule has 0 amide bonds. The number of aliphatic hydroxyl groups is 1. The molecule has 1 aromatic carbocycles. The highest BCUT2D eigenvalue weighted by Gasteiger charge is 2.30. The first-order chi connectivity index (χ1) is 13.6. The van der Waals surface area contributed by atoms with Crippen molar-refractivity contribution in [3.63, 3.8) is 0 Å². The Bertz CT molecular complexity index is 1000. The highest BCUT2D eigenvalue weighted by atomic mass is 16.3. The molecule has 0 spiro atoms. The fourth-order valence-corrected chi connectivity index (χ4v) is 3.86. The molecule has 2 aromatic heterocycles. The van der Waals surface area contributed by atoms with Gasteiger partial charge in [-0.2, -0.15) is 5.10 Å². The third-order valence-electron chi connectivity index (χ3n) is 5.49. The number of hydrogen-bond acceptors (Lipinski definition) is 5. The second-order valence-corrected chi connectivity index (χ2v) is 7.65. The Balaban J connectivity index is 1.80. The molecular weight excluding hydrogens is 354 g/mol. The van der Waals surface area contributed by atoms with Crippen molar-refractivity contribution in [3.8, 4) is 5.69 Å². The van der Waals surface area contributed by atoms with Crippen molar-refractivity contribution in [2.24, 2.45) is 0 Å². The Morgan fingerprint density at radius 1 is 1.21 bits per heavy atom. The van der Waals surface area contributed by atoms with Crippen LogP contribution in [0, 0.1) is 0 Å². The molecule has 1 aliphatic rings. The first-order valence-corrected chi connectivity index (χ1v) is 10.1. The number of piperidine rings is 1. The molecule has 1 saturated heterocycles. The van der Waals surface area contributed by atoms with Gasteiger partial charge in [0.2, 0.25) is 0 Å². The van der Waals surface area contributed by atoms with E-state index in [1.54, 1.807) is 15.6 Å². The number of rotatable bonds is 6. The second-order valence-electron chi connectivity index (χ2n) is 7.65. The summed E-state index contributed by atoms with van der Waals surface area (Å²) in [6.07, 6.45) is 5.54. The molecule has 0 bridgehead atoms. The van der Waals surface area contributed by atoms with Crippen LogP contribution in [0.1, 0.15) is 38.3 Å². The highest BCUT2D eigenvalue weighted by molar-refractivity contribution is 5.78. The largest absolute Gasteiger partial charge is 0.388 e. The van der Waals surface area contributed by atoms with E-state index in [2.05, 4.69) is 17.2 Å². The van der Waals surface area contributed by atoms with Gasteiger partial charge in [-0.15, -0.1) is 0 Å². The molecule has 0 saturated carbocycles. The predicted octanol–water partition coefficient (Wildman–Crippen LogP) is 2.04. The number of fused-ring (bicyclic) bond motifs is 1. The molecule has 2 N–H and O–H groups in total. The SMILES string of the molecule is CCCCc1nn(-c2ccccc2)c2ncn(CC3(O)CCNCC3)c(=O)c12. The molecule has 1 aliphatic heterocycles. The van der Waals surface area contributed by atoms with Crippen molar-refractivity contribution < 1.29 is 5.11 Å². The molecule has 4 rings (SSSR count). The van der Waals surface area contributed by atoms with Gasteiger partial charge in [-0.05, 0) is 50.9 Å². The molecular formula is C21H27N5O2. The van der Waals surface area contributed by atoms with Gasteiger partial charge in [0.25, 0.3) is 5.56 Å². The molecule has 0 unspecified atom stereocenters. The van der Waals surface area contributed by atoms with Gasteiger partial charge in [-0.25, -0.2) is 9.67 Å². The minimum absolute atomic E-state index is 0.120. The van der Waals surface area contributed by atoms with Crippen LogP contribution in [0.15, 0.2) is 41.5 Å². The maximum Gasteiger partial charge on any atom is 0.264 e. The van der Waals surface area contributed by atoms with E-state index in [0.29, 0.717) is 23.9 Å². The molecule has 7 heteroatoms. The van der Waals surface area contributed by atoms with Gasteiger partial charge in [-0.1, -0.05) is 31.5 Å². The number of nitrogens with zero attached hydrogens (tertiary/aromatic N) is 4. The molecule has 28 heavy (non-hydrogen) atoms. The van der Waals surface area contributed by atoms with Crippen LogP contribution in [0.4, 0.5) is 0 Å². The predicted molar refractivity (Wildman–Crippen MR) is 109 cm³/mol.